The van der Waals surface area contributed by atoms with Crippen molar-refractivity contribution in [2.45, 2.75) is 13.1 Å². The molecule has 0 unspecified atom stereocenters. The van der Waals surface area contributed by atoms with E-state index in [1.807, 2.05) is 41.3 Å². The van der Waals surface area contributed by atoms with Gasteiger partial charge in [-0.2, -0.15) is 13.2 Å². The fourth-order valence-electron chi connectivity index (χ4n) is 3.16. The molecule has 0 aliphatic carbocycles. The highest BCUT2D eigenvalue weighted by Gasteiger charge is 2.31. The number of hydrogen-bond acceptors (Lipinski definition) is 2. The molecule has 3 nitrogen and oxygen atoms in total. The van der Waals surface area contributed by atoms with E-state index in [-0.39, 0.29) is 5.91 Å². The lowest BCUT2D eigenvalue weighted by Gasteiger charge is -2.36. The molecule has 1 heterocycles. The molecule has 0 saturated carbocycles. The average molecular weight is 374 g/mol. The summed E-state index contributed by atoms with van der Waals surface area (Å²) in [5, 5.41) is 0. The van der Waals surface area contributed by atoms with E-state index < -0.39 is 11.7 Å². The van der Waals surface area contributed by atoms with E-state index in [2.05, 4.69) is 0 Å². The van der Waals surface area contributed by atoms with Gasteiger partial charge in [0, 0.05) is 37.4 Å². The molecule has 1 saturated heterocycles. The van der Waals surface area contributed by atoms with Gasteiger partial charge in [-0.1, -0.05) is 36.4 Å². The molecule has 0 aromatic heterocycles. The molecular weight excluding hydrogens is 353 g/mol. The van der Waals surface area contributed by atoms with Crippen molar-refractivity contribution < 1.29 is 18.0 Å². The lowest BCUT2D eigenvalue weighted by atomic mass is 10.1. The van der Waals surface area contributed by atoms with Crippen LogP contribution in [0, 0.1) is 0 Å². The number of amides is 1. The van der Waals surface area contributed by atoms with Crippen molar-refractivity contribution in [1.82, 2.24) is 4.90 Å². The summed E-state index contributed by atoms with van der Waals surface area (Å²) in [4.78, 5) is 16.3. The number of halogens is 3. The highest BCUT2D eigenvalue weighted by Crippen LogP contribution is 2.31. The van der Waals surface area contributed by atoms with Crippen molar-refractivity contribution in [3.05, 3.63) is 71.3 Å². The summed E-state index contributed by atoms with van der Waals surface area (Å²) in [7, 11) is 0. The van der Waals surface area contributed by atoms with Gasteiger partial charge in [0.2, 0.25) is 5.91 Å². The smallest absolute Gasteiger partial charge is 0.368 e. The first-order valence-corrected chi connectivity index (χ1v) is 8.79. The van der Waals surface area contributed by atoms with Crippen LogP contribution in [-0.4, -0.2) is 37.0 Å². The van der Waals surface area contributed by atoms with Crippen LogP contribution < -0.4 is 4.90 Å². The van der Waals surface area contributed by atoms with Gasteiger partial charge in [-0.05, 0) is 36.8 Å². The van der Waals surface area contributed by atoms with E-state index >= 15 is 0 Å². The van der Waals surface area contributed by atoms with Crippen LogP contribution in [0.4, 0.5) is 18.9 Å². The fourth-order valence-corrected chi connectivity index (χ4v) is 3.16. The van der Waals surface area contributed by atoms with Gasteiger partial charge in [0.1, 0.15) is 0 Å². The zero-order chi connectivity index (χ0) is 19.4. The number of hydrogen-bond donors (Lipinski definition) is 0. The molecule has 2 aromatic carbocycles. The first kappa shape index (κ1) is 19.0. The Morgan fingerprint density at radius 1 is 0.963 bits per heavy atom. The third-order valence-electron chi connectivity index (χ3n) is 4.63. The van der Waals surface area contributed by atoms with Crippen molar-refractivity contribution in [3.63, 3.8) is 0 Å². The summed E-state index contributed by atoms with van der Waals surface area (Å²) in [6, 6.07) is 14.9. The van der Waals surface area contributed by atoms with Crippen molar-refractivity contribution in [2.24, 2.45) is 0 Å². The maximum atomic E-state index is 12.9. The Balaban J connectivity index is 1.63. The Bertz CT molecular complexity index is 823. The van der Waals surface area contributed by atoms with Crippen LogP contribution in [0.15, 0.2) is 60.2 Å². The molecule has 2 aromatic rings. The van der Waals surface area contributed by atoms with Gasteiger partial charge in [0.05, 0.1) is 5.56 Å². The number of carbonyl (C=O) groups excluding carboxylic acids is 1. The number of carbonyl (C=O) groups is 1. The fraction of sp³-hybridized carbons (Fsp3) is 0.286. The Kier molecular flexibility index (Phi) is 5.54. The van der Waals surface area contributed by atoms with Crippen LogP contribution in [0.5, 0.6) is 0 Å². The molecule has 0 radical (unpaired) electrons. The van der Waals surface area contributed by atoms with Crippen molar-refractivity contribution in [2.75, 3.05) is 31.1 Å². The second-order valence-electron chi connectivity index (χ2n) is 6.57. The molecule has 0 N–H and O–H groups in total. The first-order chi connectivity index (χ1) is 12.8. The number of piperazine rings is 1. The van der Waals surface area contributed by atoms with Gasteiger partial charge in [0.15, 0.2) is 0 Å². The van der Waals surface area contributed by atoms with E-state index in [1.54, 1.807) is 17.9 Å². The maximum absolute atomic E-state index is 12.9. The normalized spacial score (nSPS) is 15.8. The quantitative estimate of drug-likeness (QED) is 0.741. The summed E-state index contributed by atoms with van der Waals surface area (Å²) < 4.78 is 38.7. The summed E-state index contributed by atoms with van der Waals surface area (Å²) >= 11 is 0. The highest BCUT2D eigenvalue weighted by molar-refractivity contribution is 5.97. The van der Waals surface area contributed by atoms with Gasteiger partial charge in [0.25, 0.3) is 0 Å². The lowest BCUT2D eigenvalue weighted by molar-refractivity contribution is -0.137. The predicted molar refractivity (Wildman–Crippen MR) is 100 cm³/mol. The molecular formula is C21H21F3N2O. The monoisotopic (exact) mass is 374 g/mol. The molecule has 0 spiro atoms. The van der Waals surface area contributed by atoms with E-state index in [4.69, 9.17) is 0 Å². The van der Waals surface area contributed by atoms with E-state index in [0.29, 0.717) is 37.4 Å². The van der Waals surface area contributed by atoms with Crippen LogP contribution in [0.1, 0.15) is 18.1 Å². The minimum atomic E-state index is -4.35. The highest BCUT2D eigenvalue weighted by atomic mass is 19.4. The number of benzene rings is 2. The van der Waals surface area contributed by atoms with Gasteiger partial charge in [-0.25, -0.2) is 0 Å². The molecule has 6 heteroatoms. The second-order valence-corrected chi connectivity index (χ2v) is 6.57. The van der Waals surface area contributed by atoms with Gasteiger partial charge in [-0.15, -0.1) is 0 Å². The number of alkyl halides is 3. The van der Waals surface area contributed by atoms with E-state index in [0.717, 1.165) is 17.7 Å². The Morgan fingerprint density at radius 3 is 2.26 bits per heavy atom. The molecule has 0 atom stereocenters. The Labute approximate surface area is 156 Å². The van der Waals surface area contributed by atoms with Crippen molar-refractivity contribution >= 4 is 17.7 Å². The average Bonchev–Trinajstić information content (AvgIpc) is 2.68. The number of anilines is 1. The molecule has 142 valence electrons. The van der Waals surface area contributed by atoms with Crippen molar-refractivity contribution in [3.8, 4) is 0 Å². The summed E-state index contributed by atoms with van der Waals surface area (Å²) in [5.41, 5.74) is 1.49. The van der Waals surface area contributed by atoms with Crippen LogP contribution in [0.25, 0.3) is 6.08 Å². The van der Waals surface area contributed by atoms with Crippen LogP contribution in [0.3, 0.4) is 0 Å². The second kappa shape index (κ2) is 7.86. The molecule has 1 fully saturated rings. The third-order valence-corrected chi connectivity index (χ3v) is 4.63. The molecule has 0 bridgehead atoms. The largest absolute Gasteiger partial charge is 0.416 e. The minimum Gasteiger partial charge on any atom is -0.368 e. The SMILES string of the molecule is C/C(=C\c1ccccc1)C(=O)N1CCN(c2cccc(C(F)(F)F)c2)CC1. The van der Waals surface area contributed by atoms with E-state index in [9.17, 15) is 18.0 Å². The minimum absolute atomic E-state index is 0.0393. The van der Waals surface area contributed by atoms with Gasteiger partial charge < -0.3 is 9.80 Å². The Morgan fingerprint density at radius 2 is 1.63 bits per heavy atom. The van der Waals surface area contributed by atoms with Crippen LogP contribution in [0.2, 0.25) is 0 Å². The van der Waals surface area contributed by atoms with E-state index in [1.165, 1.54) is 6.07 Å². The molecule has 1 amide bonds. The zero-order valence-electron chi connectivity index (χ0n) is 15.0. The maximum Gasteiger partial charge on any atom is 0.416 e. The molecule has 1 aliphatic heterocycles. The lowest BCUT2D eigenvalue weighted by Crippen LogP contribution is -2.49. The zero-order valence-corrected chi connectivity index (χ0v) is 15.0. The summed E-state index contributed by atoms with van der Waals surface area (Å²) in [5.74, 6) is -0.0393. The van der Waals surface area contributed by atoms with Crippen LogP contribution in [-0.2, 0) is 11.0 Å². The topological polar surface area (TPSA) is 23.6 Å². The standard InChI is InChI=1S/C21H21F3N2O/c1-16(14-17-6-3-2-4-7-17)20(27)26-12-10-25(11-13-26)19-9-5-8-18(15-19)21(22,23)24/h2-9,14-15H,10-13H2,1H3/b16-14+. The first-order valence-electron chi connectivity index (χ1n) is 8.79. The number of nitrogens with zero attached hydrogens (tertiary/aromatic N) is 2. The van der Waals surface area contributed by atoms with Crippen molar-refractivity contribution in [1.29, 1.82) is 0 Å². The predicted octanol–water partition coefficient (Wildman–Crippen LogP) is 4.46. The molecule has 3 rings (SSSR count). The number of rotatable bonds is 3. The van der Waals surface area contributed by atoms with Crippen LogP contribution >= 0.6 is 0 Å². The Hall–Kier alpha value is -2.76. The van der Waals surface area contributed by atoms with Gasteiger partial charge >= 0.3 is 6.18 Å². The molecule has 1 aliphatic rings. The molecule has 27 heavy (non-hydrogen) atoms. The third kappa shape index (κ3) is 4.70. The van der Waals surface area contributed by atoms with Gasteiger partial charge in [-0.3, -0.25) is 4.79 Å². The summed E-state index contributed by atoms with van der Waals surface area (Å²) in [6.07, 6.45) is -2.51. The summed E-state index contributed by atoms with van der Waals surface area (Å²) in [6.45, 7) is 3.76.